The molecule has 0 aliphatic heterocycles. The van der Waals surface area contributed by atoms with Crippen LogP contribution in [0.15, 0.2) is 39.3 Å². The minimum absolute atomic E-state index is 0.0383. The number of aryl methyl sites for hydroxylation is 3. The number of phenols is 1. The zero-order chi connectivity index (χ0) is 24.2. The average molecular weight is 559 g/mol. The first-order valence-electron chi connectivity index (χ1n) is 10.4. The van der Waals surface area contributed by atoms with Crippen molar-refractivity contribution in [1.82, 2.24) is 5.32 Å². The summed E-state index contributed by atoms with van der Waals surface area (Å²) >= 11 is 6.62. The van der Waals surface area contributed by atoms with Crippen LogP contribution in [0.2, 0.25) is 0 Å². The molecule has 0 radical (unpaired) electrons. The third kappa shape index (κ3) is 12.3. The highest BCUT2D eigenvalue weighted by Crippen LogP contribution is 2.31. The fraction of sp³-hybridized carbons (Fsp3) is 0.480. The van der Waals surface area contributed by atoms with Crippen LogP contribution < -0.4 is 5.32 Å². The van der Waals surface area contributed by atoms with Gasteiger partial charge in [-0.1, -0.05) is 41.4 Å². The first-order valence-corrected chi connectivity index (χ1v) is 12.0. The lowest BCUT2D eigenvalue weighted by molar-refractivity contribution is 0.00655. The molecule has 0 heterocycles. The highest BCUT2D eigenvalue weighted by Gasteiger charge is 2.23. The molecule has 0 aromatic heterocycles. The van der Waals surface area contributed by atoms with Gasteiger partial charge in [0.05, 0.1) is 0 Å². The van der Waals surface area contributed by atoms with Gasteiger partial charge in [-0.05, 0) is 112 Å². The van der Waals surface area contributed by atoms with Crippen molar-refractivity contribution in [2.45, 2.75) is 66.9 Å². The molecule has 31 heavy (non-hydrogen) atoms. The molecule has 0 amide bonds. The summed E-state index contributed by atoms with van der Waals surface area (Å²) in [6, 6.07) is 9.73. The third-order valence-corrected chi connectivity index (χ3v) is 5.34. The van der Waals surface area contributed by atoms with Gasteiger partial charge in [0.1, 0.15) is 16.9 Å². The number of nitrogens with one attached hydrogen (secondary N) is 1. The Labute approximate surface area is 205 Å². The maximum absolute atomic E-state index is 11.8. The molecule has 0 saturated heterocycles. The molecule has 2 rings (SSSR count). The lowest BCUT2D eigenvalue weighted by atomic mass is 10.1. The normalized spacial score (nSPS) is 10.4. The maximum Gasteiger partial charge on any atom is 0.343 e. The summed E-state index contributed by atoms with van der Waals surface area (Å²) in [7, 11) is 1.98. The molecular formula is C25H37Br2NO3. The fourth-order valence-electron chi connectivity index (χ4n) is 2.25. The maximum atomic E-state index is 11.8. The van der Waals surface area contributed by atoms with Crippen molar-refractivity contribution >= 4 is 37.8 Å². The highest BCUT2D eigenvalue weighted by atomic mass is 79.9. The molecule has 0 atom stereocenters. The van der Waals surface area contributed by atoms with E-state index >= 15 is 0 Å². The number of carbonyl (C=O) groups excluding carboxylic acids is 1. The van der Waals surface area contributed by atoms with Crippen LogP contribution in [0.4, 0.5) is 0 Å². The van der Waals surface area contributed by atoms with Crippen molar-refractivity contribution in [2.24, 2.45) is 0 Å². The Hall–Kier alpha value is -1.37. The van der Waals surface area contributed by atoms with Gasteiger partial charge >= 0.3 is 5.97 Å². The van der Waals surface area contributed by atoms with E-state index in [4.69, 9.17) is 4.74 Å². The van der Waals surface area contributed by atoms with Gasteiger partial charge < -0.3 is 15.2 Å². The second kappa shape index (κ2) is 14.6. The number of ether oxygens (including phenoxy) is 1. The quantitative estimate of drug-likeness (QED) is 0.301. The monoisotopic (exact) mass is 557 g/mol. The smallest absolute Gasteiger partial charge is 0.343 e. The van der Waals surface area contributed by atoms with Crippen LogP contribution in [-0.2, 0) is 4.74 Å². The molecule has 4 nitrogen and oxygen atoms in total. The molecular weight excluding hydrogens is 522 g/mol. The van der Waals surface area contributed by atoms with Crippen LogP contribution in [0.25, 0.3) is 0 Å². The summed E-state index contributed by atoms with van der Waals surface area (Å²) in [5.41, 5.74) is 2.92. The van der Waals surface area contributed by atoms with Gasteiger partial charge in [-0.25, -0.2) is 4.79 Å². The second-order valence-corrected chi connectivity index (χ2v) is 10.0. The van der Waals surface area contributed by atoms with E-state index in [1.807, 2.05) is 7.05 Å². The van der Waals surface area contributed by atoms with Gasteiger partial charge in [-0.15, -0.1) is 0 Å². The minimum atomic E-state index is -0.577. The molecule has 174 valence electrons. The third-order valence-electron chi connectivity index (χ3n) is 4.18. The largest absolute Gasteiger partial charge is 0.507 e. The predicted octanol–water partition coefficient (Wildman–Crippen LogP) is 7.49. The molecule has 2 aromatic rings. The molecule has 0 spiro atoms. The standard InChI is InChI=1S/C12H15BrO3.C8H9Br.C5H13N/c1-7-5-6-8(13)9(10(7)14)11(15)16-12(2,3)4;1-6-3-4-8(9)5-7(6)2;1-3-4-5-6-2/h5-6,14H,1-4H3;3-5H,1-2H3;6H,3-5H2,1-2H3. The van der Waals surface area contributed by atoms with Gasteiger partial charge in [0.25, 0.3) is 0 Å². The number of phenolic OH excluding ortho intramolecular Hbond substituents is 1. The van der Waals surface area contributed by atoms with E-state index in [2.05, 4.69) is 76.1 Å². The highest BCUT2D eigenvalue weighted by molar-refractivity contribution is 9.10. The van der Waals surface area contributed by atoms with Crippen LogP contribution in [0.3, 0.4) is 0 Å². The van der Waals surface area contributed by atoms with E-state index in [0.29, 0.717) is 10.0 Å². The number of esters is 1. The van der Waals surface area contributed by atoms with Gasteiger partial charge in [-0.3, -0.25) is 0 Å². The van der Waals surface area contributed by atoms with Gasteiger partial charge in [-0.2, -0.15) is 0 Å². The number of halogens is 2. The van der Waals surface area contributed by atoms with E-state index < -0.39 is 11.6 Å². The fourth-order valence-corrected chi connectivity index (χ4v) is 3.21. The van der Waals surface area contributed by atoms with Gasteiger partial charge in [0, 0.05) is 8.95 Å². The number of rotatable bonds is 4. The Morgan fingerprint density at radius 2 is 1.61 bits per heavy atom. The first kappa shape index (κ1) is 29.6. The van der Waals surface area contributed by atoms with Crippen molar-refractivity contribution in [3.05, 3.63) is 61.5 Å². The summed E-state index contributed by atoms with van der Waals surface area (Å²) in [5, 5.41) is 12.9. The number of unbranched alkanes of at least 4 members (excludes halogenated alkanes) is 1. The Kier molecular flexibility index (Phi) is 14.0. The molecule has 0 saturated carbocycles. The van der Waals surface area contributed by atoms with E-state index in [0.717, 1.165) is 11.0 Å². The summed E-state index contributed by atoms with van der Waals surface area (Å²) in [4.78, 5) is 11.8. The van der Waals surface area contributed by atoms with Crippen LogP contribution in [0.1, 0.15) is 67.6 Å². The van der Waals surface area contributed by atoms with E-state index in [-0.39, 0.29) is 11.3 Å². The topological polar surface area (TPSA) is 58.6 Å². The lowest BCUT2D eigenvalue weighted by Crippen LogP contribution is -2.24. The molecule has 0 fully saturated rings. The van der Waals surface area contributed by atoms with E-state index in [1.54, 1.807) is 39.8 Å². The number of carbonyl (C=O) groups is 1. The molecule has 0 bridgehead atoms. The summed E-state index contributed by atoms with van der Waals surface area (Å²) in [6.07, 6.45) is 2.59. The number of benzene rings is 2. The molecule has 0 unspecified atom stereocenters. The van der Waals surface area contributed by atoms with Gasteiger partial charge in [0.2, 0.25) is 0 Å². The first-order chi connectivity index (χ1) is 14.3. The SMILES string of the molecule is CCCCNC.Cc1ccc(Br)c(C(=O)OC(C)(C)C)c1O.Cc1ccc(Br)cc1C. The Morgan fingerprint density at radius 3 is 2.03 bits per heavy atom. The van der Waals surface area contributed by atoms with Crippen LogP contribution in [-0.4, -0.2) is 30.3 Å². The van der Waals surface area contributed by atoms with E-state index in [1.165, 1.54) is 24.0 Å². The van der Waals surface area contributed by atoms with Crippen LogP contribution >= 0.6 is 31.9 Å². The van der Waals surface area contributed by atoms with Crippen molar-refractivity contribution in [2.75, 3.05) is 13.6 Å². The van der Waals surface area contributed by atoms with Crippen molar-refractivity contribution in [3.63, 3.8) is 0 Å². The zero-order valence-corrected chi connectivity index (χ0v) is 23.2. The molecule has 0 aliphatic rings. The zero-order valence-electron chi connectivity index (χ0n) is 20.0. The van der Waals surface area contributed by atoms with Crippen LogP contribution in [0, 0.1) is 20.8 Å². The second-order valence-electron chi connectivity index (χ2n) is 8.28. The number of hydrogen-bond acceptors (Lipinski definition) is 4. The molecule has 2 N–H and O–H groups in total. The van der Waals surface area contributed by atoms with Crippen LogP contribution in [0.5, 0.6) is 5.75 Å². The van der Waals surface area contributed by atoms with Crippen molar-refractivity contribution in [3.8, 4) is 5.75 Å². The summed E-state index contributed by atoms with van der Waals surface area (Å²) < 4.78 is 6.90. The summed E-state index contributed by atoms with van der Waals surface area (Å²) in [6.45, 7) is 14.7. The Bertz CT molecular complexity index is 826. The van der Waals surface area contributed by atoms with E-state index in [9.17, 15) is 9.90 Å². The predicted molar refractivity (Wildman–Crippen MR) is 138 cm³/mol. The molecule has 0 aliphatic carbocycles. The molecule has 6 heteroatoms. The Balaban J connectivity index is 0.000000503. The minimum Gasteiger partial charge on any atom is -0.507 e. The van der Waals surface area contributed by atoms with Crippen molar-refractivity contribution in [1.29, 1.82) is 0 Å². The average Bonchev–Trinajstić information content (AvgIpc) is 2.66. The molecule has 2 aromatic carbocycles. The van der Waals surface area contributed by atoms with Crippen molar-refractivity contribution < 1.29 is 14.6 Å². The number of hydrogen-bond donors (Lipinski definition) is 2. The Morgan fingerprint density at radius 1 is 1.03 bits per heavy atom. The van der Waals surface area contributed by atoms with Gasteiger partial charge in [0.15, 0.2) is 0 Å². The lowest BCUT2D eigenvalue weighted by Gasteiger charge is -2.20. The summed E-state index contributed by atoms with van der Waals surface area (Å²) in [5.74, 6) is -0.566. The number of aromatic hydroxyl groups is 1.